The minimum absolute atomic E-state index is 0.0291. The van der Waals surface area contributed by atoms with E-state index in [9.17, 15) is 9.18 Å². The zero-order valence-electron chi connectivity index (χ0n) is 13.6. The third-order valence-corrected chi connectivity index (χ3v) is 5.96. The molecule has 0 atom stereocenters. The van der Waals surface area contributed by atoms with E-state index in [1.165, 1.54) is 17.8 Å². The van der Waals surface area contributed by atoms with E-state index in [4.69, 9.17) is 10.00 Å². The molecule has 130 valence electrons. The molecule has 0 saturated heterocycles. The molecule has 2 aromatic rings. The van der Waals surface area contributed by atoms with Crippen LogP contribution in [0.15, 0.2) is 18.2 Å². The van der Waals surface area contributed by atoms with Crippen molar-refractivity contribution in [2.75, 3.05) is 5.32 Å². The van der Waals surface area contributed by atoms with Crippen LogP contribution in [-0.2, 0) is 4.79 Å². The molecule has 2 fully saturated rings. The molecular weight excluding hydrogens is 341 g/mol. The first-order chi connectivity index (χ1) is 12.1. The van der Waals surface area contributed by atoms with Gasteiger partial charge in [0.1, 0.15) is 5.75 Å². The standard InChI is InChI=1S/C18H18FN3O2S/c19-18(9-11(10-18)7-8-20)16(23)22-17-21-13-5-2-6-14(15(13)25-17)24-12-3-1-4-12/h2,5-6,11-12H,1,3-4,7,9-10H2,(H,21,22,23). The first-order valence-corrected chi connectivity index (χ1v) is 9.32. The number of anilines is 1. The van der Waals surface area contributed by atoms with E-state index in [0.29, 0.717) is 11.6 Å². The minimum atomic E-state index is -1.88. The van der Waals surface area contributed by atoms with Gasteiger partial charge in [-0.15, -0.1) is 0 Å². The number of halogens is 1. The van der Waals surface area contributed by atoms with Gasteiger partial charge in [0, 0.05) is 6.42 Å². The molecule has 0 aliphatic heterocycles. The van der Waals surface area contributed by atoms with Crippen LogP contribution in [-0.4, -0.2) is 22.7 Å². The first-order valence-electron chi connectivity index (χ1n) is 8.51. The summed E-state index contributed by atoms with van der Waals surface area (Å²) in [6.07, 6.45) is 4.07. The average Bonchev–Trinajstić information content (AvgIpc) is 2.92. The molecular formula is C18H18FN3O2S. The average molecular weight is 359 g/mol. The quantitative estimate of drug-likeness (QED) is 0.868. The van der Waals surface area contributed by atoms with Gasteiger partial charge in [0.15, 0.2) is 10.8 Å². The van der Waals surface area contributed by atoms with E-state index in [2.05, 4.69) is 10.3 Å². The van der Waals surface area contributed by atoms with Crippen molar-refractivity contribution in [3.63, 3.8) is 0 Å². The monoisotopic (exact) mass is 359 g/mol. The Morgan fingerprint density at radius 1 is 1.48 bits per heavy atom. The number of alkyl halides is 1. The maximum absolute atomic E-state index is 14.5. The van der Waals surface area contributed by atoms with Crippen molar-refractivity contribution in [1.82, 2.24) is 4.98 Å². The number of amides is 1. The van der Waals surface area contributed by atoms with Gasteiger partial charge in [0.05, 0.1) is 22.4 Å². The SMILES string of the molecule is N#CCC1CC(F)(C(=O)Nc2nc3cccc(OC4CCC4)c3s2)C1. The Morgan fingerprint density at radius 2 is 2.28 bits per heavy atom. The number of benzene rings is 1. The summed E-state index contributed by atoms with van der Waals surface area (Å²) in [5, 5.41) is 11.6. The molecule has 0 radical (unpaired) electrons. The van der Waals surface area contributed by atoms with Gasteiger partial charge in [-0.1, -0.05) is 17.4 Å². The summed E-state index contributed by atoms with van der Waals surface area (Å²) in [4.78, 5) is 16.6. The van der Waals surface area contributed by atoms with Crippen LogP contribution < -0.4 is 10.1 Å². The largest absolute Gasteiger partial charge is 0.489 e. The third kappa shape index (κ3) is 3.07. The van der Waals surface area contributed by atoms with Crippen molar-refractivity contribution in [3.05, 3.63) is 18.2 Å². The van der Waals surface area contributed by atoms with E-state index in [1.807, 2.05) is 24.3 Å². The molecule has 1 aromatic carbocycles. The Hall–Kier alpha value is -2.20. The maximum Gasteiger partial charge on any atom is 0.263 e. The van der Waals surface area contributed by atoms with Crippen molar-refractivity contribution in [3.8, 4) is 11.8 Å². The molecule has 4 rings (SSSR count). The molecule has 1 heterocycles. The molecule has 2 aliphatic rings. The van der Waals surface area contributed by atoms with Crippen LogP contribution in [0.5, 0.6) is 5.75 Å². The highest BCUT2D eigenvalue weighted by atomic mass is 32.1. The lowest BCUT2D eigenvalue weighted by Crippen LogP contribution is -2.49. The van der Waals surface area contributed by atoms with Crippen LogP contribution in [0.2, 0.25) is 0 Å². The maximum atomic E-state index is 14.5. The number of rotatable bonds is 5. The normalized spacial score (nSPS) is 25.7. The van der Waals surface area contributed by atoms with E-state index in [1.54, 1.807) is 0 Å². The van der Waals surface area contributed by atoms with Gasteiger partial charge in [-0.25, -0.2) is 9.37 Å². The molecule has 1 N–H and O–H groups in total. The lowest BCUT2D eigenvalue weighted by molar-refractivity contribution is -0.136. The highest BCUT2D eigenvalue weighted by Gasteiger charge is 2.50. The predicted molar refractivity (Wildman–Crippen MR) is 93.3 cm³/mol. The fraction of sp³-hybridized carbons (Fsp3) is 0.500. The molecule has 0 spiro atoms. The van der Waals surface area contributed by atoms with Crippen LogP contribution in [0.25, 0.3) is 10.2 Å². The zero-order chi connectivity index (χ0) is 17.4. The molecule has 7 heteroatoms. The van der Waals surface area contributed by atoms with Crippen LogP contribution >= 0.6 is 11.3 Å². The van der Waals surface area contributed by atoms with Crippen molar-refractivity contribution in [2.24, 2.45) is 5.92 Å². The van der Waals surface area contributed by atoms with Gasteiger partial charge in [0.25, 0.3) is 5.91 Å². The summed E-state index contributed by atoms with van der Waals surface area (Å²) in [6.45, 7) is 0. The van der Waals surface area contributed by atoms with Gasteiger partial charge >= 0.3 is 0 Å². The van der Waals surface area contributed by atoms with E-state index in [0.717, 1.165) is 28.8 Å². The molecule has 2 aliphatic carbocycles. The van der Waals surface area contributed by atoms with E-state index >= 15 is 0 Å². The van der Waals surface area contributed by atoms with Gasteiger partial charge in [-0.05, 0) is 50.2 Å². The summed E-state index contributed by atoms with van der Waals surface area (Å²) in [6, 6.07) is 7.65. The number of carbonyl (C=O) groups is 1. The molecule has 1 amide bonds. The Morgan fingerprint density at radius 3 is 2.96 bits per heavy atom. The minimum Gasteiger partial charge on any atom is -0.489 e. The number of aromatic nitrogens is 1. The Balaban J connectivity index is 1.47. The molecule has 0 bridgehead atoms. The van der Waals surface area contributed by atoms with Crippen LogP contribution in [0, 0.1) is 17.2 Å². The number of nitriles is 1. The topological polar surface area (TPSA) is 75.0 Å². The lowest BCUT2D eigenvalue weighted by atomic mass is 9.70. The second-order valence-electron chi connectivity index (χ2n) is 6.85. The number of nitrogens with one attached hydrogen (secondary N) is 1. The van der Waals surface area contributed by atoms with E-state index in [-0.39, 0.29) is 24.9 Å². The molecule has 2 saturated carbocycles. The highest BCUT2D eigenvalue weighted by molar-refractivity contribution is 7.22. The van der Waals surface area contributed by atoms with Crippen LogP contribution in [0.4, 0.5) is 9.52 Å². The smallest absolute Gasteiger partial charge is 0.263 e. The fourth-order valence-corrected chi connectivity index (χ4v) is 4.18. The number of ether oxygens (including phenoxy) is 1. The van der Waals surface area contributed by atoms with Gasteiger partial charge < -0.3 is 4.74 Å². The number of fused-ring (bicyclic) bond motifs is 1. The number of hydrogen-bond donors (Lipinski definition) is 1. The Bertz CT molecular complexity index is 850. The fourth-order valence-electron chi connectivity index (χ4n) is 3.26. The summed E-state index contributed by atoms with van der Waals surface area (Å²) >= 11 is 1.30. The van der Waals surface area contributed by atoms with Crippen molar-refractivity contribution in [2.45, 2.75) is 50.3 Å². The molecule has 5 nitrogen and oxygen atoms in total. The number of carbonyl (C=O) groups excluding carboxylic acids is 1. The summed E-state index contributed by atoms with van der Waals surface area (Å²) in [5.74, 6) is 0.0775. The molecule has 1 aromatic heterocycles. The van der Waals surface area contributed by atoms with Crippen molar-refractivity contribution < 1.29 is 13.9 Å². The number of nitrogens with zero attached hydrogens (tertiary/aromatic N) is 2. The third-order valence-electron chi connectivity index (χ3n) is 4.96. The Labute approximate surface area is 148 Å². The number of thiazole rings is 1. The number of hydrogen-bond acceptors (Lipinski definition) is 5. The van der Waals surface area contributed by atoms with Crippen LogP contribution in [0.1, 0.15) is 38.5 Å². The first kappa shape index (κ1) is 16.3. The summed E-state index contributed by atoms with van der Waals surface area (Å²) in [7, 11) is 0. The Kier molecular flexibility index (Phi) is 4.08. The highest BCUT2D eigenvalue weighted by Crippen LogP contribution is 2.44. The van der Waals surface area contributed by atoms with E-state index < -0.39 is 11.6 Å². The lowest BCUT2D eigenvalue weighted by Gasteiger charge is -2.38. The summed E-state index contributed by atoms with van der Waals surface area (Å²) < 4.78 is 21.4. The van der Waals surface area contributed by atoms with Crippen LogP contribution in [0.3, 0.4) is 0 Å². The van der Waals surface area contributed by atoms with Crippen molar-refractivity contribution in [1.29, 1.82) is 5.26 Å². The van der Waals surface area contributed by atoms with Crippen molar-refractivity contribution >= 4 is 32.6 Å². The summed E-state index contributed by atoms with van der Waals surface area (Å²) in [5.41, 5.74) is -1.15. The van der Waals surface area contributed by atoms with Gasteiger partial charge in [0.2, 0.25) is 0 Å². The molecule has 0 unspecified atom stereocenters. The van der Waals surface area contributed by atoms with Gasteiger partial charge in [-0.2, -0.15) is 5.26 Å². The molecule has 25 heavy (non-hydrogen) atoms. The second kappa shape index (κ2) is 6.26. The predicted octanol–water partition coefficient (Wildman–Crippen LogP) is 4.20. The van der Waals surface area contributed by atoms with Gasteiger partial charge in [-0.3, -0.25) is 10.1 Å². The zero-order valence-corrected chi connectivity index (χ0v) is 14.4. The second-order valence-corrected chi connectivity index (χ2v) is 7.85.